The molecular weight excluding hydrogens is 332 g/mol. The molecule has 2 N–H and O–H groups in total. The van der Waals surface area contributed by atoms with Crippen molar-refractivity contribution in [3.8, 4) is 0 Å². The standard InChI is InChI=1S/C20H18N2S2/c23-20(21-17-11-5-2-6-12-17)22-18-13-7-8-14-19(18)24-15-16-9-3-1-4-10-16/h1-14H,15H2,(H2,21,22,23). The Hall–Kier alpha value is -2.30. The van der Waals surface area contributed by atoms with Crippen LogP contribution in [-0.2, 0) is 5.75 Å². The number of hydrogen-bond donors (Lipinski definition) is 2. The first-order chi connectivity index (χ1) is 11.8. The molecule has 0 aliphatic carbocycles. The summed E-state index contributed by atoms with van der Waals surface area (Å²) >= 11 is 7.22. The Morgan fingerprint density at radius 1 is 0.750 bits per heavy atom. The van der Waals surface area contributed by atoms with Crippen LogP contribution in [-0.4, -0.2) is 5.11 Å². The summed E-state index contributed by atoms with van der Waals surface area (Å²) in [7, 11) is 0. The lowest BCUT2D eigenvalue weighted by molar-refractivity contribution is 1.38. The number of hydrogen-bond acceptors (Lipinski definition) is 2. The Morgan fingerprint density at radius 3 is 2.12 bits per heavy atom. The van der Waals surface area contributed by atoms with Gasteiger partial charge in [-0.15, -0.1) is 11.8 Å². The van der Waals surface area contributed by atoms with E-state index in [1.54, 1.807) is 11.8 Å². The third-order valence-corrected chi connectivity index (χ3v) is 4.75. The topological polar surface area (TPSA) is 24.1 Å². The molecule has 0 saturated heterocycles. The van der Waals surface area contributed by atoms with Crippen molar-refractivity contribution in [2.45, 2.75) is 10.6 Å². The second kappa shape index (κ2) is 8.52. The van der Waals surface area contributed by atoms with Crippen molar-refractivity contribution in [3.63, 3.8) is 0 Å². The third-order valence-electron chi connectivity index (χ3n) is 3.40. The predicted molar refractivity (Wildman–Crippen MR) is 109 cm³/mol. The van der Waals surface area contributed by atoms with E-state index in [4.69, 9.17) is 12.2 Å². The first-order valence-corrected chi connectivity index (χ1v) is 9.09. The minimum atomic E-state index is 0.592. The Labute approximate surface area is 152 Å². The summed E-state index contributed by atoms with van der Waals surface area (Å²) in [6.07, 6.45) is 0. The van der Waals surface area contributed by atoms with E-state index in [2.05, 4.69) is 41.0 Å². The van der Waals surface area contributed by atoms with Gasteiger partial charge in [-0.1, -0.05) is 60.7 Å². The van der Waals surface area contributed by atoms with Crippen molar-refractivity contribution < 1.29 is 0 Å². The van der Waals surface area contributed by atoms with Crippen molar-refractivity contribution >= 4 is 40.5 Å². The van der Waals surface area contributed by atoms with Gasteiger partial charge in [-0.25, -0.2) is 0 Å². The van der Waals surface area contributed by atoms with E-state index in [1.165, 1.54) is 10.5 Å². The van der Waals surface area contributed by atoms with Crippen molar-refractivity contribution in [2.75, 3.05) is 10.6 Å². The Kier molecular flexibility index (Phi) is 5.88. The lowest BCUT2D eigenvalue weighted by atomic mass is 10.2. The molecule has 0 atom stereocenters. The molecule has 0 radical (unpaired) electrons. The maximum Gasteiger partial charge on any atom is 0.175 e. The van der Waals surface area contributed by atoms with Crippen LogP contribution in [0.25, 0.3) is 0 Å². The minimum absolute atomic E-state index is 0.592. The van der Waals surface area contributed by atoms with Crippen LogP contribution in [0.3, 0.4) is 0 Å². The molecule has 2 nitrogen and oxygen atoms in total. The van der Waals surface area contributed by atoms with Gasteiger partial charge in [-0.3, -0.25) is 0 Å². The largest absolute Gasteiger partial charge is 0.332 e. The van der Waals surface area contributed by atoms with E-state index < -0.39 is 0 Å². The molecule has 0 amide bonds. The van der Waals surface area contributed by atoms with Crippen LogP contribution in [0.5, 0.6) is 0 Å². The molecule has 0 heterocycles. The zero-order chi connectivity index (χ0) is 16.6. The molecule has 3 aromatic carbocycles. The van der Waals surface area contributed by atoms with Gasteiger partial charge in [-0.05, 0) is 42.0 Å². The smallest absolute Gasteiger partial charge is 0.175 e. The SMILES string of the molecule is S=C(Nc1ccccc1)Nc1ccccc1SCc1ccccc1. The Bertz CT molecular complexity index is 789. The van der Waals surface area contributed by atoms with E-state index in [0.717, 1.165) is 17.1 Å². The highest BCUT2D eigenvalue weighted by molar-refractivity contribution is 7.98. The highest BCUT2D eigenvalue weighted by Gasteiger charge is 2.05. The summed E-state index contributed by atoms with van der Waals surface area (Å²) < 4.78 is 0. The van der Waals surface area contributed by atoms with Crippen LogP contribution in [0.15, 0.2) is 89.8 Å². The number of anilines is 2. The number of thioether (sulfide) groups is 1. The summed E-state index contributed by atoms with van der Waals surface area (Å²) in [6.45, 7) is 0. The Morgan fingerprint density at radius 2 is 1.38 bits per heavy atom. The molecule has 3 aromatic rings. The van der Waals surface area contributed by atoms with E-state index in [9.17, 15) is 0 Å². The molecule has 0 aliphatic rings. The Balaban J connectivity index is 1.64. The predicted octanol–water partition coefficient (Wildman–Crippen LogP) is 5.79. The lowest BCUT2D eigenvalue weighted by Gasteiger charge is -2.14. The van der Waals surface area contributed by atoms with Crippen LogP contribution in [0.1, 0.15) is 5.56 Å². The summed E-state index contributed by atoms with van der Waals surface area (Å²) in [5.41, 5.74) is 3.30. The van der Waals surface area contributed by atoms with Gasteiger partial charge in [0.25, 0.3) is 0 Å². The summed E-state index contributed by atoms with van der Waals surface area (Å²) in [6, 6.07) is 28.6. The van der Waals surface area contributed by atoms with Gasteiger partial charge >= 0.3 is 0 Å². The number of thiocarbonyl (C=S) groups is 1. The normalized spacial score (nSPS) is 10.2. The first kappa shape index (κ1) is 16.6. The molecule has 4 heteroatoms. The zero-order valence-electron chi connectivity index (χ0n) is 13.1. The number of para-hydroxylation sites is 2. The molecule has 0 saturated carbocycles. The van der Waals surface area contributed by atoms with E-state index in [-0.39, 0.29) is 0 Å². The second-order valence-corrected chi connectivity index (χ2v) is 6.64. The molecule has 0 spiro atoms. The van der Waals surface area contributed by atoms with Gasteiger partial charge in [0.2, 0.25) is 0 Å². The fraction of sp³-hybridized carbons (Fsp3) is 0.0500. The molecule has 0 aromatic heterocycles. The summed E-state index contributed by atoms with van der Waals surface area (Å²) in [4.78, 5) is 1.18. The van der Waals surface area contributed by atoms with Gasteiger partial charge in [0.15, 0.2) is 5.11 Å². The molecule has 0 aliphatic heterocycles. The van der Waals surface area contributed by atoms with Crippen molar-refractivity contribution in [1.82, 2.24) is 0 Å². The first-order valence-electron chi connectivity index (χ1n) is 7.70. The van der Waals surface area contributed by atoms with Crippen LogP contribution in [0.2, 0.25) is 0 Å². The van der Waals surface area contributed by atoms with Crippen LogP contribution < -0.4 is 10.6 Å². The van der Waals surface area contributed by atoms with Crippen LogP contribution >= 0.6 is 24.0 Å². The molecule has 0 bridgehead atoms. The van der Waals surface area contributed by atoms with Crippen LogP contribution in [0.4, 0.5) is 11.4 Å². The van der Waals surface area contributed by atoms with E-state index in [0.29, 0.717) is 5.11 Å². The quantitative estimate of drug-likeness (QED) is 0.449. The molecule has 3 rings (SSSR count). The monoisotopic (exact) mass is 350 g/mol. The van der Waals surface area contributed by atoms with Crippen LogP contribution in [0, 0.1) is 0 Å². The van der Waals surface area contributed by atoms with Gasteiger partial charge in [0.1, 0.15) is 0 Å². The minimum Gasteiger partial charge on any atom is -0.332 e. The van der Waals surface area contributed by atoms with Gasteiger partial charge in [0.05, 0.1) is 5.69 Å². The van der Waals surface area contributed by atoms with E-state index >= 15 is 0 Å². The molecule has 0 fully saturated rings. The average Bonchev–Trinajstić information content (AvgIpc) is 2.63. The summed E-state index contributed by atoms with van der Waals surface area (Å²) in [5, 5.41) is 7.09. The fourth-order valence-electron chi connectivity index (χ4n) is 2.24. The highest BCUT2D eigenvalue weighted by atomic mass is 32.2. The zero-order valence-corrected chi connectivity index (χ0v) is 14.7. The highest BCUT2D eigenvalue weighted by Crippen LogP contribution is 2.29. The molecular formula is C20H18N2S2. The van der Waals surface area contributed by atoms with Crippen molar-refractivity contribution in [1.29, 1.82) is 0 Å². The third kappa shape index (κ3) is 4.85. The number of benzene rings is 3. The van der Waals surface area contributed by atoms with E-state index in [1.807, 2.05) is 54.6 Å². The number of rotatable bonds is 5. The van der Waals surface area contributed by atoms with Crippen molar-refractivity contribution in [3.05, 3.63) is 90.5 Å². The molecule has 120 valence electrons. The average molecular weight is 351 g/mol. The number of nitrogens with one attached hydrogen (secondary N) is 2. The van der Waals surface area contributed by atoms with Crippen molar-refractivity contribution in [2.24, 2.45) is 0 Å². The van der Waals surface area contributed by atoms with Gasteiger partial charge in [-0.2, -0.15) is 0 Å². The van der Waals surface area contributed by atoms with Gasteiger partial charge in [0, 0.05) is 16.3 Å². The molecule has 24 heavy (non-hydrogen) atoms. The maximum atomic E-state index is 5.42. The lowest BCUT2D eigenvalue weighted by Crippen LogP contribution is -2.19. The van der Waals surface area contributed by atoms with Gasteiger partial charge < -0.3 is 10.6 Å². The fourth-order valence-corrected chi connectivity index (χ4v) is 3.43. The molecule has 0 unspecified atom stereocenters. The maximum absolute atomic E-state index is 5.42. The summed E-state index contributed by atoms with van der Waals surface area (Å²) in [5.74, 6) is 0.929. The second-order valence-electron chi connectivity index (χ2n) is 5.22.